The van der Waals surface area contributed by atoms with Crippen LogP contribution in [0.2, 0.25) is 0 Å². The molecule has 148 valence electrons. The largest absolute Gasteiger partial charge is 0.419 e. The number of benzene rings is 1. The van der Waals surface area contributed by atoms with Gasteiger partial charge in [0, 0.05) is 31.7 Å². The van der Waals surface area contributed by atoms with Gasteiger partial charge in [-0.25, -0.2) is 8.42 Å². The monoisotopic (exact) mass is 402 g/mol. The minimum atomic E-state index is -3.48. The summed E-state index contributed by atoms with van der Waals surface area (Å²) in [6.07, 6.45) is 2.87. The molecular weight excluding hydrogens is 380 g/mol. The number of anilines is 1. The number of ether oxygens (including phenoxy) is 1. The fraction of sp³-hybridized carbons (Fsp3) is 0.474. The standard InChI is InChI=1S/C19H22N4O4S/c20-14-17-19(22-10-12-26-13-11-22)27-18(21-17)15-4-6-16(7-5-15)28(24,25)23-8-2-1-3-9-23/h4-7H,1-3,8-13H2. The summed E-state index contributed by atoms with van der Waals surface area (Å²) < 4.78 is 38.3. The summed E-state index contributed by atoms with van der Waals surface area (Å²) in [4.78, 5) is 6.49. The lowest BCUT2D eigenvalue weighted by molar-refractivity contribution is 0.121. The molecule has 2 fully saturated rings. The van der Waals surface area contributed by atoms with Gasteiger partial charge in [0.1, 0.15) is 6.07 Å². The van der Waals surface area contributed by atoms with Crippen LogP contribution in [0.3, 0.4) is 0 Å². The Hall–Kier alpha value is -2.41. The van der Waals surface area contributed by atoms with Crippen LogP contribution in [0.4, 0.5) is 5.88 Å². The molecule has 0 N–H and O–H groups in total. The summed E-state index contributed by atoms with van der Waals surface area (Å²) in [6, 6.07) is 8.57. The fourth-order valence-corrected chi connectivity index (χ4v) is 5.03. The lowest BCUT2D eigenvalue weighted by Gasteiger charge is -2.26. The van der Waals surface area contributed by atoms with Crippen molar-refractivity contribution in [3.63, 3.8) is 0 Å². The lowest BCUT2D eigenvalue weighted by Crippen LogP contribution is -2.36. The number of oxazole rings is 1. The zero-order valence-electron chi connectivity index (χ0n) is 15.5. The van der Waals surface area contributed by atoms with Gasteiger partial charge in [-0.2, -0.15) is 14.6 Å². The Balaban J connectivity index is 1.59. The van der Waals surface area contributed by atoms with Crippen molar-refractivity contribution < 1.29 is 17.6 Å². The first-order chi connectivity index (χ1) is 13.6. The first kappa shape index (κ1) is 18.9. The Kier molecular flexibility index (Phi) is 5.35. The van der Waals surface area contributed by atoms with E-state index in [0.29, 0.717) is 56.7 Å². The highest BCUT2D eigenvalue weighted by Crippen LogP contribution is 2.30. The number of rotatable bonds is 4. The summed E-state index contributed by atoms with van der Waals surface area (Å²) >= 11 is 0. The number of morpholine rings is 1. The average Bonchev–Trinajstić information content (AvgIpc) is 3.20. The van der Waals surface area contributed by atoms with Crippen LogP contribution in [0, 0.1) is 11.3 Å². The minimum absolute atomic E-state index is 0.224. The smallest absolute Gasteiger partial charge is 0.243 e. The molecule has 0 saturated carbocycles. The molecule has 0 amide bonds. The highest BCUT2D eigenvalue weighted by atomic mass is 32.2. The van der Waals surface area contributed by atoms with E-state index in [4.69, 9.17) is 9.15 Å². The number of sulfonamides is 1. The SMILES string of the molecule is N#Cc1nc(-c2ccc(S(=O)(=O)N3CCCCC3)cc2)oc1N1CCOCC1. The van der Waals surface area contributed by atoms with Crippen LogP contribution in [-0.4, -0.2) is 57.1 Å². The van der Waals surface area contributed by atoms with E-state index >= 15 is 0 Å². The van der Waals surface area contributed by atoms with E-state index < -0.39 is 10.0 Å². The summed E-state index contributed by atoms with van der Waals surface area (Å²) in [5.74, 6) is 0.741. The van der Waals surface area contributed by atoms with Gasteiger partial charge in [0.15, 0.2) is 0 Å². The second kappa shape index (κ2) is 7.91. The van der Waals surface area contributed by atoms with Gasteiger partial charge < -0.3 is 14.1 Å². The molecule has 3 heterocycles. The first-order valence-electron chi connectivity index (χ1n) is 9.44. The van der Waals surface area contributed by atoms with Crippen LogP contribution in [0.1, 0.15) is 25.0 Å². The van der Waals surface area contributed by atoms with Crippen molar-refractivity contribution in [1.82, 2.24) is 9.29 Å². The van der Waals surface area contributed by atoms with E-state index in [0.717, 1.165) is 19.3 Å². The van der Waals surface area contributed by atoms with Gasteiger partial charge in [-0.05, 0) is 37.1 Å². The van der Waals surface area contributed by atoms with E-state index in [1.807, 2.05) is 4.90 Å². The molecule has 0 unspecified atom stereocenters. The molecule has 8 nitrogen and oxygen atoms in total. The van der Waals surface area contributed by atoms with Crippen molar-refractivity contribution in [3.8, 4) is 17.5 Å². The van der Waals surface area contributed by atoms with E-state index in [-0.39, 0.29) is 10.6 Å². The Bertz CT molecular complexity index is 966. The molecule has 1 aromatic heterocycles. The topological polar surface area (TPSA) is 99.7 Å². The van der Waals surface area contributed by atoms with Crippen LogP contribution >= 0.6 is 0 Å². The Morgan fingerprint density at radius 2 is 1.68 bits per heavy atom. The molecule has 0 atom stereocenters. The first-order valence-corrected chi connectivity index (χ1v) is 10.9. The second-order valence-electron chi connectivity index (χ2n) is 6.87. The second-order valence-corrected chi connectivity index (χ2v) is 8.81. The van der Waals surface area contributed by atoms with Crippen LogP contribution in [0.5, 0.6) is 0 Å². The van der Waals surface area contributed by atoms with Crippen LogP contribution in [0.25, 0.3) is 11.5 Å². The molecule has 0 aliphatic carbocycles. The maximum Gasteiger partial charge on any atom is 0.243 e. The van der Waals surface area contributed by atoms with E-state index in [1.165, 1.54) is 0 Å². The van der Waals surface area contributed by atoms with Crippen molar-refractivity contribution >= 4 is 15.9 Å². The summed E-state index contributed by atoms with van der Waals surface area (Å²) in [5.41, 5.74) is 0.857. The van der Waals surface area contributed by atoms with Gasteiger partial charge in [-0.15, -0.1) is 0 Å². The predicted molar refractivity (Wildman–Crippen MR) is 102 cm³/mol. The van der Waals surface area contributed by atoms with Gasteiger partial charge in [-0.3, -0.25) is 0 Å². The van der Waals surface area contributed by atoms with Gasteiger partial charge in [-0.1, -0.05) is 6.42 Å². The number of nitriles is 1. The Labute approximate surface area is 164 Å². The number of piperidine rings is 1. The van der Waals surface area contributed by atoms with Crippen LogP contribution in [0.15, 0.2) is 33.6 Å². The molecule has 2 aromatic rings. The molecule has 2 saturated heterocycles. The number of aromatic nitrogens is 1. The minimum Gasteiger partial charge on any atom is -0.419 e. The van der Waals surface area contributed by atoms with E-state index in [9.17, 15) is 13.7 Å². The van der Waals surface area contributed by atoms with E-state index in [1.54, 1.807) is 28.6 Å². The Morgan fingerprint density at radius 1 is 1.00 bits per heavy atom. The van der Waals surface area contributed by atoms with Gasteiger partial charge in [0.25, 0.3) is 0 Å². The molecular formula is C19H22N4O4S. The molecule has 9 heteroatoms. The molecule has 1 aromatic carbocycles. The number of hydrogen-bond donors (Lipinski definition) is 0. The molecule has 2 aliphatic heterocycles. The third-order valence-corrected chi connectivity index (χ3v) is 6.98. The zero-order chi connectivity index (χ0) is 19.6. The summed E-state index contributed by atoms with van der Waals surface area (Å²) in [7, 11) is -3.48. The van der Waals surface area contributed by atoms with Gasteiger partial charge in [0.05, 0.1) is 18.1 Å². The highest BCUT2D eigenvalue weighted by Gasteiger charge is 2.26. The summed E-state index contributed by atoms with van der Waals surface area (Å²) in [5, 5.41) is 9.39. The normalized spacial score (nSPS) is 18.8. The average molecular weight is 402 g/mol. The van der Waals surface area contributed by atoms with Crippen molar-refractivity contribution in [2.45, 2.75) is 24.2 Å². The Morgan fingerprint density at radius 3 is 2.32 bits per heavy atom. The third kappa shape index (κ3) is 3.63. The zero-order valence-corrected chi connectivity index (χ0v) is 16.3. The van der Waals surface area contributed by atoms with Crippen molar-refractivity contribution in [2.24, 2.45) is 0 Å². The van der Waals surface area contributed by atoms with Crippen LogP contribution in [-0.2, 0) is 14.8 Å². The van der Waals surface area contributed by atoms with Gasteiger partial charge >= 0.3 is 0 Å². The van der Waals surface area contributed by atoms with Gasteiger partial charge in [0.2, 0.25) is 27.5 Å². The van der Waals surface area contributed by atoms with Crippen molar-refractivity contribution in [2.75, 3.05) is 44.3 Å². The van der Waals surface area contributed by atoms with Crippen molar-refractivity contribution in [1.29, 1.82) is 5.26 Å². The maximum absolute atomic E-state index is 12.8. The number of hydrogen-bond acceptors (Lipinski definition) is 7. The van der Waals surface area contributed by atoms with Crippen LogP contribution < -0.4 is 4.90 Å². The lowest BCUT2D eigenvalue weighted by atomic mass is 10.2. The predicted octanol–water partition coefficient (Wildman–Crippen LogP) is 2.22. The highest BCUT2D eigenvalue weighted by molar-refractivity contribution is 7.89. The molecule has 0 bridgehead atoms. The summed E-state index contributed by atoms with van der Waals surface area (Å²) in [6.45, 7) is 3.55. The fourth-order valence-electron chi connectivity index (χ4n) is 3.51. The third-order valence-electron chi connectivity index (χ3n) is 5.07. The maximum atomic E-state index is 12.8. The molecule has 28 heavy (non-hydrogen) atoms. The molecule has 4 rings (SSSR count). The quantitative estimate of drug-likeness (QED) is 0.773. The molecule has 0 spiro atoms. The van der Waals surface area contributed by atoms with E-state index in [2.05, 4.69) is 11.1 Å². The molecule has 0 radical (unpaired) electrons. The van der Waals surface area contributed by atoms with Crippen molar-refractivity contribution in [3.05, 3.63) is 30.0 Å². The number of nitrogens with zero attached hydrogens (tertiary/aromatic N) is 4. The molecule has 2 aliphatic rings.